The lowest BCUT2D eigenvalue weighted by Gasteiger charge is -2.29. The van der Waals surface area contributed by atoms with Gasteiger partial charge in [-0.3, -0.25) is 4.57 Å². The summed E-state index contributed by atoms with van der Waals surface area (Å²) in [6.07, 6.45) is 0. The average Bonchev–Trinajstić information content (AvgIpc) is 1.81. The second-order valence-electron chi connectivity index (χ2n) is 3.82. The Morgan fingerprint density at radius 3 is 2.08 bits per heavy atom. The van der Waals surface area contributed by atoms with Crippen molar-refractivity contribution in [3.63, 3.8) is 0 Å². The van der Waals surface area contributed by atoms with Crippen LogP contribution in [0.5, 0.6) is 0 Å². The van der Waals surface area contributed by atoms with Crippen molar-refractivity contribution in [2.75, 3.05) is 34.8 Å². The fourth-order valence-electron chi connectivity index (χ4n) is 0.794. The first-order valence-corrected chi connectivity index (χ1v) is 5.16. The minimum absolute atomic E-state index is 0.110. The third kappa shape index (κ3) is 3.68. The van der Waals surface area contributed by atoms with Crippen molar-refractivity contribution in [2.24, 2.45) is 0 Å². The van der Waals surface area contributed by atoms with Gasteiger partial charge in [-0.15, -0.1) is 0 Å². The molecular formula is C6H15F2NO3P+. The van der Waals surface area contributed by atoms with E-state index >= 15 is 0 Å². The van der Waals surface area contributed by atoms with Gasteiger partial charge >= 0.3 is 13.3 Å². The quantitative estimate of drug-likeness (QED) is 0.568. The molecule has 0 fully saturated rings. The molecule has 0 bridgehead atoms. The number of hydrogen-bond donors (Lipinski definition) is 1. The van der Waals surface area contributed by atoms with E-state index in [4.69, 9.17) is 4.89 Å². The van der Waals surface area contributed by atoms with E-state index in [1.54, 1.807) is 0 Å². The van der Waals surface area contributed by atoms with Gasteiger partial charge in [-0.1, -0.05) is 0 Å². The first-order chi connectivity index (χ1) is 5.52. The van der Waals surface area contributed by atoms with Gasteiger partial charge < -0.3 is 13.9 Å². The Morgan fingerprint density at radius 1 is 1.46 bits per heavy atom. The molecule has 1 atom stereocenters. The Kier molecular flexibility index (Phi) is 3.60. The molecule has 1 unspecified atom stereocenters. The number of rotatable bonds is 4. The Bertz CT molecular complexity index is 226. The fourth-order valence-corrected chi connectivity index (χ4v) is 1.66. The van der Waals surface area contributed by atoms with E-state index in [1.165, 1.54) is 21.1 Å². The van der Waals surface area contributed by atoms with Crippen LogP contribution in [-0.4, -0.2) is 49.8 Å². The molecule has 0 heterocycles. The Balaban J connectivity index is 4.68. The van der Waals surface area contributed by atoms with E-state index in [0.717, 1.165) is 7.11 Å². The van der Waals surface area contributed by atoms with Crippen molar-refractivity contribution in [1.29, 1.82) is 0 Å². The van der Waals surface area contributed by atoms with Gasteiger partial charge in [0.15, 0.2) is 6.54 Å². The smallest absolute Gasteiger partial charge is 0.325 e. The first-order valence-electron chi connectivity index (χ1n) is 3.59. The van der Waals surface area contributed by atoms with Crippen molar-refractivity contribution in [3.8, 4) is 0 Å². The highest BCUT2D eigenvalue weighted by Gasteiger charge is 2.54. The van der Waals surface area contributed by atoms with E-state index in [2.05, 4.69) is 4.52 Å². The van der Waals surface area contributed by atoms with Gasteiger partial charge in [0.05, 0.1) is 21.1 Å². The van der Waals surface area contributed by atoms with Crippen LogP contribution in [0, 0.1) is 0 Å². The summed E-state index contributed by atoms with van der Waals surface area (Å²) in [6, 6.07) is 0. The maximum Gasteiger partial charge on any atom is 0.402 e. The predicted octanol–water partition coefficient (Wildman–Crippen LogP) is 1.12. The Labute approximate surface area is 76.2 Å². The SMILES string of the molecule is COP(=O)(O)C(F)(F)C[N+](C)(C)C. The molecule has 13 heavy (non-hydrogen) atoms. The van der Waals surface area contributed by atoms with Crippen LogP contribution in [0.2, 0.25) is 0 Å². The number of hydrogen-bond acceptors (Lipinski definition) is 2. The van der Waals surface area contributed by atoms with Gasteiger partial charge in [-0.2, -0.15) is 8.78 Å². The number of halogens is 2. The van der Waals surface area contributed by atoms with E-state index in [0.29, 0.717) is 0 Å². The van der Waals surface area contributed by atoms with Crippen molar-refractivity contribution in [2.45, 2.75) is 5.66 Å². The lowest BCUT2D eigenvalue weighted by molar-refractivity contribution is -0.876. The van der Waals surface area contributed by atoms with Gasteiger partial charge in [0.25, 0.3) is 0 Å². The number of alkyl halides is 2. The summed E-state index contributed by atoms with van der Waals surface area (Å²) in [7, 11) is 0.485. The van der Waals surface area contributed by atoms with Crippen molar-refractivity contribution in [3.05, 3.63) is 0 Å². The third-order valence-corrected chi connectivity index (χ3v) is 2.79. The second kappa shape index (κ2) is 3.61. The maximum absolute atomic E-state index is 13.0. The average molecular weight is 218 g/mol. The zero-order chi connectivity index (χ0) is 10.9. The molecule has 80 valence electrons. The summed E-state index contributed by atoms with van der Waals surface area (Å²) in [5.74, 6) is 0. The molecule has 4 nitrogen and oxygen atoms in total. The van der Waals surface area contributed by atoms with Crippen LogP contribution in [0.15, 0.2) is 0 Å². The standard InChI is InChI=1S/C6H14F2NO3P/c1-9(2,3)5-6(7,8)13(10,11)12-4/h5H2,1-4H3/p+1. The molecule has 0 aliphatic rings. The molecular weight excluding hydrogens is 203 g/mol. The van der Waals surface area contributed by atoms with Gasteiger partial charge in [0.1, 0.15) is 0 Å². The minimum Gasteiger partial charge on any atom is -0.325 e. The molecule has 0 aromatic carbocycles. The molecule has 0 aromatic rings. The van der Waals surface area contributed by atoms with Crippen LogP contribution in [0.4, 0.5) is 8.78 Å². The third-order valence-electron chi connectivity index (χ3n) is 1.33. The van der Waals surface area contributed by atoms with Crippen LogP contribution in [-0.2, 0) is 9.09 Å². The summed E-state index contributed by atoms with van der Waals surface area (Å²) < 4.78 is 40.7. The van der Waals surface area contributed by atoms with Crippen molar-refractivity contribution >= 4 is 7.60 Å². The Hall–Kier alpha value is -0.0300. The van der Waals surface area contributed by atoms with Gasteiger partial charge in [-0.05, 0) is 0 Å². The topological polar surface area (TPSA) is 46.5 Å². The maximum atomic E-state index is 13.0. The summed E-state index contributed by atoms with van der Waals surface area (Å²) in [4.78, 5) is 8.79. The molecule has 0 aliphatic heterocycles. The zero-order valence-electron chi connectivity index (χ0n) is 8.12. The summed E-state index contributed by atoms with van der Waals surface area (Å²) >= 11 is 0. The summed E-state index contributed by atoms with van der Waals surface area (Å²) in [6.45, 7) is -0.741. The van der Waals surface area contributed by atoms with E-state index in [-0.39, 0.29) is 4.48 Å². The number of quaternary nitrogens is 1. The van der Waals surface area contributed by atoms with Gasteiger partial charge in [-0.25, -0.2) is 0 Å². The van der Waals surface area contributed by atoms with E-state index in [9.17, 15) is 13.3 Å². The molecule has 0 saturated heterocycles. The second-order valence-corrected chi connectivity index (χ2v) is 5.88. The van der Waals surface area contributed by atoms with Crippen molar-refractivity contribution in [1.82, 2.24) is 0 Å². The van der Waals surface area contributed by atoms with E-state index in [1.807, 2.05) is 0 Å². The highest BCUT2D eigenvalue weighted by molar-refractivity contribution is 7.54. The first kappa shape index (κ1) is 13.0. The van der Waals surface area contributed by atoms with Gasteiger partial charge in [0, 0.05) is 7.11 Å². The van der Waals surface area contributed by atoms with Gasteiger partial charge in [0.2, 0.25) is 0 Å². The molecule has 1 N–H and O–H groups in total. The monoisotopic (exact) mass is 218 g/mol. The molecule has 0 rings (SSSR count). The zero-order valence-corrected chi connectivity index (χ0v) is 9.02. The highest BCUT2D eigenvalue weighted by atomic mass is 31.2. The Morgan fingerprint density at radius 2 is 1.85 bits per heavy atom. The van der Waals surface area contributed by atoms with Crippen LogP contribution in [0.1, 0.15) is 0 Å². The normalized spacial score (nSPS) is 18.4. The molecule has 0 aliphatic carbocycles. The van der Waals surface area contributed by atoms with Crippen LogP contribution < -0.4 is 0 Å². The van der Waals surface area contributed by atoms with E-state index < -0.39 is 19.8 Å². The van der Waals surface area contributed by atoms with Crippen LogP contribution in [0.25, 0.3) is 0 Å². The molecule has 0 radical (unpaired) electrons. The minimum atomic E-state index is -4.82. The van der Waals surface area contributed by atoms with Crippen LogP contribution >= 0.6 is 7.60 Å². The number of nitrogens with zero attached hydrogens (tertiary/aromatic N) is 1. The molecule has 0 aromatic heterocycles. The lowest BCUT2D eigenvalue weighted by atomic mass is 10.5. The summed E-state index contributed by atoms with van der Waals surface area (Å²) in [5.41, 5.74) is -3.71. The summed E-state index contributed by atoms with van der Waals surface area (Å²) in [5, 5.41) is 0. The lowest BCUT2D eigenvalue weighted by Crippen LogP contribution is -2.44. The molecule has 0 amide bonds. The van der Waals surface area contributed by atoms with Crippen molar-refractivity contribution < 1.29 is 27.2 Å². The highest BCUT2D eigenvalue weighted by Crippen LogP contribution is 2.57. The fraction of sp³-hybridized carbons (Fsp3) is 1.00. The predicted molar refractivity (Wildman–Crippen MR) is 44.7 cm³/mol. The molecule has 7 heteroatoms. The molecule has 0 saturated carbocycles. The van der Waals surface area contributed by atoms with Crippen LogP contribution in [0.3, 0.4) is 0 Å². The largest absolute Gasteiger partial charge is 0.402 e. The molecule has 0 spiro atoms.